The number of hydrogen-bond donors (Lipinski definition) is 2. The lowest BCUT2D eigenvalue weighted by Gasteiger charge is -2.22. The van der Waals surface area contributed by atoms with E-state index < -0.39 is 22.5 Å². The number of benzene rings is 3. The first-order valence-corrected chi connectivity index (χ1v) is 12.2. The zero-order valence-corrected chi connectivity index (χ0v) is 20.9. The first-order chi connectivity index (χ1) is 17.3. The van der Waals surface area contributed by atoms with E-state index in [1.807, 2.05) is 6.07 Å². The molecular weight excluding hydrogens is 486 g/mol. The first-order valence-electron chi connectivity index (χ1n) is 10.7. The monoisotopic (exact) mass is 513 g/mol. The number of amides is 1. The number of phenolic OH excluding ortho intramolecular Hbond substituents is 1. The molecule has 1 amide bonds. The van der Waals surface area contributed by atoms with Gasteiger partial charge in [0.15, 0.2) is 23.0 Å². The first kappa shape index (κ1) is 26.5. The Hall–Kier alpha value is -4.09. The summed E-state index contributed by atoms with van der Waals surface area (Å²) in [5, 5.41) is 13.6. The Morgan fingerprint density at radius 3 is 2.31 bits per heavy atom. The molecular formula is C25H27N3O7S. The number of methoxy groups -OCH3 is 3. The van der Waals surface area contributed by atoms with Gasteiger partial charge in [-0.15, -0.1) is 0 Å². The van der Waals surface area contributed by atoms with Gasteiger partial charge in [0.2, 0.25) is 10.0 Å². The van der Waals surface area contributed by atoms with Gasteiger partial charge in [-0.1, -0.05) is 30.3 Å². The molecule has 0 heterocycles. The average Bonchev–Trinajstić information content (AvgIpc) is 2.89. The molecule has 11 heteroatoms. The van der Waals surface area contributed by atoms with Crippen LogP contribution in [0.4, 0.5) is 0 Å². The molecule has 0 aliphatic heterocycles. The number of carbonyl (C=O) groups is 1. The molecule has 0 unspecified atom stereocenters. The number of nitrogens with one attached hydrogen (secondary N) is 1. The second-order valence-corrected chi connectivity index (χ2v) is 9.44. The van der Waals surface area contributed by atoms with Crippen molar-refractivity contribution in [3.05, 3.63) is 77.9 Å². The SMILES string of the molecule is COc1cc(/C=N\NC(=O)CN(Cc2ccccc2)S(=O)(=O)c2ccc(OC)c(OC)c2)ccc1O. The molecule has 3 rings (SSSR count). The zero-order chi connectivity index (χ0) is 26.1. The maximum absolute atomic E-state index is 13.5. The molecule has 0 aliphatic rings. The molecule has 0 fully saturated rings. The molecule has 0 saturated heterocycles. The van der Waals surface area contributed by atoms with E-state index in [1.54, 1.807) is 30.3 Å². The molecule has 2 N–H and O–H groups in total. The highest BCUT2D eigenvalue weighted by molar-refractivity contribution is 7.89. The van der Waals surface area contributed by atoms with Crippen molar-refractivity contribution in [2.45, 2.75) is 11.4 Å². The van der Waals surface area contributed by atoms with Gasteiger partial charge in [-0.2, -0.15) is 9.41 Å². The highest BCUT2D eigenvalue weighted by Crippen LogP contribution is 2.31. The number of sulfonamides is 1. The largest absolute Gasteiger partial charge is 0.504 e. The molecule has 36 heavy (non-hydrogen) atoms. The molecule has 0 atom stereocenters. The Morgan fingerprint density at radius 1 is 0.944 bits per heavy atom. The molecule has 0 aromatic heterocycles. The van der Waals surface area contributed by atoms with Crippen molar-refractivity contribution in [2.24, 2.45) is 5.10 Å². The van der Waals surface area contributed by atoms with Crippen molar-refractivity contribution in [2.75, 3.05) is 27.9 Å². The Morgan fingerprint density at radius 2 is 1.64 bits per heavy atom. The molecule has 3 aromatic carbocycles. The van der Waals surface area contributed by atoms with Crippen LogP contribution < -0.4 is 19.6 Å². The van der Waals surface area contributed by atoms with Crippen LogP contribution in [-0.2, 0) is 21.4 Å². The van der Waals surface area contributed by atoms with Gasteiger partial charge in [0, 0.05) is 12.6 Å². The Labute approximate surface area is 209 Å². The third-order valence-corrected chi connectivity index (χ3v) is 6.91. The van der Waals surface area contributed by atoms with Crippen molar-refractivity contribution in [3.8, 4) is 23.0 Å². The van der Waals surface area contributed by atoms with Crippen LogP contribution in [0.5, 0.6) is 23.0 Å². The van der Waals surface area contributed by atoms with Gasteiger partial charge in [-0.3, -0.25) is 4.79 Å². The van der Waals surface area contributed by atoms with Crippen LogP contribution >= 0.6 is 0 Å². The molecule has 0 radical (unpaired) electrons. The minimum absolute atomic E-state index is 0.0318. The summed E-state index contributed by atoms with van der Waals surface area (Å²) in [7, 11) is 0.172. The fourth-order valence-electron chi connectivity index (χ4n) is 3.29. The number of hydrazone groups is 1. The van der Waals surface area contributed by atoms with Crippen LogP contribution in [0.25, 0.3) is 0 Å². The van der Waals surface area contributed by atoms with Crippen molar-refractivity contribution < 1.29 is 32.5 Å². The average molecular weight is 514 g/mol. The van der Waals surface area contributed by atoms with E-state index >= 15 is 0 Å². The van der Waals surface area contributed by atoms with Crippen LogP contribution in [0, 0.1) is 0 Å². The summed E-state index contributed by atoms with van der Waals surface area (Å²) in [5.41, 5.74) is 3.60. The van der Waals surface area contributed by atoms with Crippen LogP contribution in [0.3, 0.4) is 0 Å². The minimum atomic E-state index is -4.10. The predicted molar refractivity (Wildman–Crippen MR) is 134 cm³/mol. The van der Waals surface area contributed by atoms with E-state index in [0.717, 1.165) is 4.31 Å². The minimum Gasteiger partial charge on any atom is -0.504 e. The van der Waals surface area contributed by atoms with Gasteiger partial charge in [-0.25, -0.2) is 13.8 Å². The lowest BCUT2D eigenvalue weighted by atomic mass is 10.2. The smallest absolute Gasteiger partial charge is 0.255 e. The van der Waals surface area contributed by atoms with Crippen molar-refractivity contribution in [3.63, 3.8) is 0 Å². The van der Waals surface area contributed by atoms with Gasteiger partial charge in [0.25, 0.3) is 5.91 Å². The molecule has 0 saturated carbocycles. The number of ether oxygens (including phenoxy) is 3. The third kappa shape index (κ3) is 6.52. The normalized spacial score (nSPS) is 11.4. The molecule has 3 aromatic rings. The number of rotatable bonds is 11. The third-order valence-electron chi connectivity index (χ3n) is 5.12. The second-order valence-electron chi connectivity index (χ2n) is 7.50. The van der Waals surface area contributed by atoms with Crippen molar-refractivity contribution >= 4 is 22.1 Å². The lowest BCUT2D eigenvalue weighted by Crippen LogP contribution is -2.39. The fraction of sp³-hybridized carbons (Fsp3) is 0.200. The number of phenols is 1. The van der Waals surface area contributed by atoms with Crippen LogP contribution in [0.1, 0.15) is 11.1 Å². The summed E-state index contributed by atoms with van der Waals surface area (Å²) < 4.78 is 43.6. The topological polar surface area (TPSA) is 127 Å². The summed E-state index contributed by atoms with van der Waals surface area (Å²) in [4.78, 5) is 12.6. The van der Waals surface area contributed by atoms with E-state index in [-0.39, 0.29) is 28.7 Å². The lowest BCUT2D eigenvalue weighted by molar-refractivity contribution is -0.121. The van der Waals surface area contributed by atoms with Gasteiger partial charge < -0.3 is 19.3 Å². The number of hydrogen-bond acceptors (Lipinski definition) is 8. The summed E-state index contributed by atoms with van der Waals surface area (Å²) >= 11 is 0. The van der Waals surface area contributed by atoms with Crippen LogP contribution in [0.2, 0.25) is 0 Å². The standard InChI is InChI=1S/C25H27N3O7S/c1-33-22-12-10-20(14-24(22)35-3)36(31,32)28(16-18-7-5-4-6-8-18)17-25(30)27-26-15-19-9-11-21(29)23(13-19)34-2/h4-15,29H,16-17H2,1-3H3,(H,27,30)/b26-15-. The Balaban J connectivity index is 1.82. The van der Waals surface area contributed by atoms with Gasteiger partial charge in [0.1, 0.15) is 0 Å². The molecule has 10 nitrogen and oxygen atoms in total. The molecule has 0 spiro atoms. The summed E-state index contributed by atoms with van der Waals surface area (Å²) in [6, 6.07) is 17.7. The predicted octanol–water partition coefficient (Wildman–Crippen LogP) is 2.76. The Bertz CT molecular complexity index is 1330. The number of carbonyl (C=O) groups excluding carboxylic acids is 1. The molecule has 0 aliphatic carbocycles. The highest BCUT2D eigenvalue weighted by Gasteiger charge is 2.28. The van der Waals surface area contributed by atoms with Crippen molar-refractivity contribution in [1.29, 1.82) is 0 Å². The van der Waals surface area contributed by atoms with Crippen LogP contribution in [-0.4, -0.2) is 57.8 Å². The van der Waals surface area contributed by atoms with Gasteiger partial charge >= 0.3 is 0 Å². The Kier molecular flexibility index (Phi) is 8.87. The summed E-state index contributed by atoms with van der Waals surface area (Å²) in [6.45, 7) is -0.522. The summed E-state index contributed by atoms with van der Waals surface area (Å²) in [5.74, 6) is 0.202. The van der Waals surface area contributed by atoms with E-state index in [9.17, 15) is 18.3 Å². The molecule has 0 bridgehead atoms. The van der Waals surface area contributed by atoms with Crippen molar-refractivity contribution in [1.82, 2.24) is 9.73 Å². The fourth-order valence-corrected chi connectivity index (χ4v) is 4.69. The highest BCUT2D eigenvalue weighted by atomic mass is 32.2. The van der Waals surface area contributed by atoms with Gasteiger partial charge in [-0.05, 0) is 41.5 Å². The number of nitrogens with zero attached hydrogens (tertiary/aromatic N) is 2. The van der Waals surface area contributed by atoms with E-state index in [4.69, 9.17) is 14.2 Å². The van der Waals surface area contributed by atoms with E-state index in [0.29, 0.717) is 16.9 Å². The van der Waals surface area contributed by atoms with E-state index in [2.05, 4.69) is 10.5 Å². The second kappa shape index (κ2) is 12.0. The number of aromatic hydroxyl groups is 1. The van der Waals surface area contributed by atoms with E-state index in [1.165, 1.54) is 57.9 Å². The van der Waals surface area contributed by atoms with Crippen LogP contribution in [0.15, 0.2) is 76.7 Å². The maximum atomic E-state index is 13.5. The maximum Gasteiger partial charge on any atom is 0.255 e. The summed E-state index contributed by atoms with van der Waals surface area (Å²) in [6.07, 6.45) is 1.35. The van der Waals surface area contributed by atoms with Gasteiger partial charge in [0.05, 0.1) is 39.0 Å². The molecule has 190 valence electrons. The quantitative estimate of drug-likeness (QED) is 0.298. The zero-order valence-electron chi connectivity index (χ0n) is 20.0.